The van der Waals surface area contributed by atoms with E-state index < -0.39 is 0 Å². The summed E-state index contributed by atoms with van der Waals surface area (Å²) in [5, 5.41) is 0. The molecule has 1 fully saturated rings. The summed E-state index contributed by atoms with van der Waals surface area (Å²) in [5.41, 5.74) is 0. The Morgan fingerprint density at radius 1 is 0.882 bits per heavy atom. The van der Waals surface area contributed by atoms with E-state index in [1.54, 1.807) is 0 Å². The van der Waals surface area contributed by atoms with E-state index in [-0.39, 0.29) is 17.6 Å². The quantitative estimate of drug-likeness (QED) is 0.667. The van der Waals surface area contributed by atoms with Gasteiger partial charge in [-0.05, 0) is 12.3 Å². The van der Waals surface area contributed by atoms with Gasteiger partial charge in [0.1, 0.15) is 0 Å². The molecule has 1 saturated carbocycles. The van der Waals surface area contributed by atoms with Crippen LogP contribution in [0, 0.1) is 5.92 Å². The van der Waals surface area contributed by atoms with Gasteiger partial charge in [0.25, 0.3) is 0 Å². The molecule has 0 radical (unpaired) electrons. The van der Waals surface area contributed by atoms with Crippen LogP contribution in [0.2, 0.25) is 0 Å². The highest BCUT2D eigenvalue weighted by atomic mass is 19.1. The zero-order valence-electron chi connectivity index (χ0n) is 11.7. The maximum Gasteiger partial charge on any atom is 0.0894 e. The van der Waals surface area contributed by atoms with Crippen LogP contribution in [0.5, 0.6) is 0 Å². The number of rotatable bonds is 5. The van der Waals surface area contributed by atoms with Crippen LogP contribution in [-0.2, 0) is 0 Å². The highest BCUT2D eigenvalue weighted by Gasteiger charge is 2.05. The minimum atomic E-state index is -0.135. The van der Waals surface area contributed by atoms with Gasteiger partial charge in [0.15, 0.2) is 0 Å². The van der Waals surface area contributed by atoms with E-state index in [9.17, 15) is 4.39 Å². The molecular formula is C14H33FO2. The van der Waals surface area contributed by atoms with Gasteiger partial charge in [0.05, 0.1) is 6.67 Å². The third-order valence-corrected chi connectivity index (χ3v) is 3.13. The van der Waals surface area contributed by atoms with E-state index in [1.807, 2.05) is 0 Å². The topological polar surface area (TPSA) is 63.0 Å². The lowest BCUT2D eigenvalue weighted by molar-refractivity contribution is 0.385. The molecule has 3 heteroatoms. The van der Waals surface area contributed by atoms with Crippen LogP contribution in [0.1, 0.15) is 78.1 Å². The van der Waals surface area contributed by atoms with Gasteiger partial charge in [-0.15, -0.1) is 0 Å². The Morgan fingerprint density at radius 2 is 1.41 bits per heavy atom. The fraction of sp³-hybridized carbons (Fsp3) is 1.00. The van der Waals surface area contributed by atoms with Crippen LogP contribution < -0.4 is 0 Å². The summed E-state index contributed by atoms with van der Waals surface area (Å²) in [7, 11) is 0. The van der Waals surface area contributed by atoms with E-state index in [2.05, 4.69) is 13.8 Å². The largest absolute Gasteiger partial charge is 0.412 e. The summed E-state index contributed by atoms with van der Waals surface area (Å²) in [6.07, 6.45) is 13.0. The first-order chi connectivity index (χ1) is 7.31. The SMILES string of the molecule is CC1CCCCC1.CCCCCCCF.O.O. The van der Waals surface area contributed by atoms with Crippen LogP contribution in [0.3, 0.4) is 0 Å². The van der Waals surface area contributed by atoms with E-state index in [4.69, 9.17) is 0 Å². The van der Waals surface area contributed by atoms with E-state index in [0.717, 1.165) is 18.8 Å². The molecule has 4 N–H and O–H groups in total. The molecule has 0 saturated heterocycles. The first-order valence-electron chi connectivity index (χ1n) is 6.87. The second kappa shape index (κ2) is 18.2. The third-order valence-electron chi connectivity index (χ3n) is 3.13. The number of halogens is 1. The fourth-order valence-electron chi connectivity index (χ4n) is 2.00. The van der Waals surface area contributed by atoms with Crippen molar-refractivity contribution in [3.05, 3.63) is 0 Å². The molecule has 2 nitrogen and oxygen atoms in total. The summed E-state index contributed by atoms with van der Waals surface area (Å²) in [4.78, 5) is 0. The fourth-order valence-corrected chi connectivity index (χ4v) is 2.00. The Morgan fingerprint density at radius 3 is 1.76 bits per heavy atom. The molecule has 0 atom stereocenters. The molecule has 0 unspecified atom stereocenters. The molecule has 108 valence electrons. The number of hydrogen-bond donors (Lipinski definition) is 0. The lowest BCUT2D eigenvalue weighted by Gasteiger charge is -2.15. The molecule has 17 heavy (non-hydrogen) atoms. The lowest BCUT2D eigenvalue weighted by Crippen LogP contribution is -1.99. The molecule has 0 aromatic heterocycles. The monoisotopic (exact) mass is 252 g/mol. The normalized spacial score (nSPS) is 15.0. The average Bonchev–Trinajstić information content (AvgIpc) is 2.27. The van der Waals surface area contributed by atoms with Crippen molar-refractivity contribution in [3.8, 4) is 0 Å². The van der Waals surface area contributed by atoms with Crippen molar-refractivity contribution < 1.29 is 15.3 Å². The Balaban J connectivity index is -0.000000207. The van der Waals surface area contributed by atoms with Gasteiger partial charge in [0.2, 0.25) is 0 Å². The lowest BCUT2D eigenvalue weighted by atomic mass is 9.91. The highest BCUT2D eigenvalue weighted by Crippen LogP contribution is 2.22. The van der Waals surface area contributed by atoms with Crippen molar-refractivity contribution in [1.29, 1.82) is 0 Å². The Bertz CT molecular complexity index is 109. The molecule has 1 aliphatic rings. The predicted molar refractivity (Wildman–Crippen MR) is 74.2 cm³/mol. The predicted octanol–water partition coefficient (Wildman–Crippen LogP) is 3.86. The summed E-state index contributed by atoms with van der Waals surface area (Å²) in [5.74, 6) is 1.04. The molecule has 0 aromatic carbocycles. The molecule has 0 aliphatic heterocycles. The van der Waals surface area contributed by atoms with Gasteiger partial charge in [-0.1, -0.05) is 71.6 Å². The van der Waals surface area contributed by atoms with Crippen molar-refractivity contribution in [2.75, 3.05) is 6.67 Å². The summed E-state index contributed by atoms with van der Waals surface area (Å²) in [6, 6.07) is 0. The Kier molecular flexibility index (Phi) is 23.7. The first kappa shape index (κ1) is 22.1. The Labute approximate surface area is 107 Å². The van der Waals surface area contributed by atoms with Crippen LogP contribution >= 0.6 is 0 Å². The average molecular weight is 252 g/mol. The van der Waals surface area contributed by atoms with Gasteiger partial charge in [0, 0.05) is 0 Å². The summed E-state index contributed by atoms with van der Waals surface area (Å²) >= 11 is 0. The van der Waals surface area contributed by atoms with Gasteiger partial charge < -0.3 is 11.0 Å². The highest BCUT2D eigenvalue weighted by molar-refractivity contribution is 4.59. The third kappa shape index (κ3) is 18.4. The van der Waals surface area contributed by atoms with Crippen LogP contribution in [-0.4, -0.2) is 17.6 Å². The van der Waals surface area contributed by atoms with Crippen molar-refractivity contribution >= 4 is 0 Å². The van der Waals surface area contributed by atoms with E-state index >= 15 is 0 Å². The van der Waals surface area contributed by atoms with Gasteiger partial charge in [-0.3, -0.25) is 4.39 Å². The van der Waals surface area contributed by atoms with Gasteiger partial charge >= 0.3 is 0 Å². The minimum absolute atomic E-state index is 0. The molecule has 0 bridgehead atoms. The number of unbranched alkanes of at least 4 members (excludes halogenated alkanes) is 4. The molecule has 1 rings (SSSR count). The molecule has 0 heterocycles. The summed E-state index contributed by atoms with van der Waals surface area (Å²) < 4.78 is 11.4. The molecule has 1 aliphatic carbocycles. The molecule has 0 amide bonds. The molecular weight excluding hydrogens is 219 g/mol. The summed E-state index contributed by atoms with van der Waals surface area (Å²) in [6.45, 7) is 4.39. The van der Waals surface area contributed by atoms with Gasteiger partial charge in [-0.2, -0.15) is 0 Å². The standard InChI is InChI=1S/C7H15F.C7H14.2H2O/c1-2-3-4-5-6-7-8;1-7-5-3-2-4-6-7;;/h2-7H2,1H3;7H,2-6H2,1H3;2*1H2. The maximum atomic E-state index is 11.4. The van der Waals surface area contributed by atoms with Crippen molar-refractivity contribution in [2.24, 2.45) is 5.92 Å². The zero-order valence-corrected chi connectivity index (χ0v) is 11.7. The maximum absolute atomic E-state index is 11.4. The van der Waals surface area contributed by atoms with E-state index in [0.29, 0.717) is 0 Å². The van der Waals surface area contributed by atoms with E-state index in [1.165, 1.54) is 51.4 Å². The van der Waals surface area contributed by atoms with Crippen LogP contribution in [0.4, 0.5) is 4.39 Å². The van der Waals surface area contributed by atoms with Crippen LogP contribution in [0.25, 0.3) is 0 Å². The van der Waals surface area contributed by atoms with Crippen molar-refractivity contribution in [1.82, 2.24) is 0 Å². The zero-order chi connectivity index (χ0) is 11.4. The molecule has 0 spiro atoms. The second-order valence-electron chi connectivity index (χ2n) is 4.85. The van der Waals surface area contributed by atoms with Crippen molar-refractivity contribution in [2.45, 2.75) is 78.1 Å². The number of alkyl halides is 1. The first-order valence-corrected chi connectivity index (χ1v) is 6.87. The second-order valence-corrected chi connectivity index (χ2v) is 4.85. The van der Waals surface area contributed by atoms with Crippen LogP contribution in [0.15, 0.2) is 0 Å². The van der Waals surface area contributed by atoms with Crippen molar-refractivity contribution in [3.63, 3.8) is 0 Å². The van der Waals surface area contributed by atoms with Gasteiger partial charge in [-0.25, -0.2) is 0 Å². The molecule has 0 aromatic rings. The Hall–Kier alpha value is -0.150. The number of hydrogen-bond acceptors (Lipinski definition) is 0. The minimum Gasteiger partial charge on any atom is -0.412 e. The smallest absolute Gasteiger partial charge is 0.0894 e.